The van der Waals surface area contributed by atoms with E-state index in [-0.39, 0.29) is 41.6 Å². The lowest BCUT2D eigenvalue weighted by Gasteiger charge is -2.38. The number of H-pyrrole nitrogens is 1. The van der Waals surface area contributed by atoms with Gasteiger partial charge in [0, 0.05) is 6.54 Å². The highest BCUT2D eigenvalue weighted by molar-refractivity contribution is 6.40. The fourth-order valence-electron chi connectivity index (χ4n) is 3.46. The molecule has 0 unspecified atom stereocenters. The molecule has 1 fully saturated rings. The van der Waals surface area contributed by atoms with Crippen molar-refractivity contribution < 1.29 is 16.4 Å². The molecule has 0 saturated carbocycles. The molecule has 1 aliphatic rings. The van der Waals surface area contributed by atoms with E-state index in [0.717, 1.165) is 0 Å². The van der Waals surface area contributed by atoms with Crippen molar-refractivity contribution in [3.05, 3.63) is 48.2 Å². The number of benzene rings is 1. The standard InChI is InChI=1S/C20H22N6O2/c1-12-7-8-16(13-5-3-2-4-6-13)26(11-12)20(28)19(27)24-15-10-22-18(21)14-9-23-25-17(14)15/h2-6,9-10,12,16H,7-8,11H2,1H3,(H2,21,22)(H,23,25)(H,24,27)/t12-,16+/m0/s1/i2D,3D,4D,5D,6D. The number of carbonyl (C=O) groups excluding carboxylic acids is 2. The Bertz CT molecular complexity index is 1250. The largest absolute Gasteiger partial charge is 0.383 e. The molecule has 3 aromatic rings. The number of nitrogens with zero attached hydrogens (tertiary/aromatic N) is 3. The lowest BCUT2D eigenvalue weighted by atomic mass is 9.90. The van der Waals surface area contributed by atoms with Gasteiger partial charge in [-0.3, -0.25) is 14.7 Å². The van der Waals surface area contributed by atoms with Crippen molar-refractivity contribution in [1.29, 1.82) is 0 Å². The number of carbonyl (C=O) groups is 2. The highest BCUT2D eigenvalue weighted by Crippen LogP contribution is 2.33. The van der Waals surface area contributed by atoms with Crippen molar-refractivity contribution in [3.8, 4) is 0 Å². The minimum absolute atomic E-state index is 0.0131. The Labute approximate surface area is 169 Å². The predicted octanol–water partition coefficient (Wildman–Crippen LogP) is 2.48. The molecule has 1 aromatic carbocycles. The number of amides is 2. The number of piperidine rings is 1. The number of hydrogen-bond donors (Lipinski definition) is 3. The average molecular weight is 383 g/mol. The zero-order chi connectivity index (χ0) is 24.0. The first-order chi connectivity index (χ1) is 15.6. The highest BCUT2D eigenvalue weighted by Gasteiger charge is 2.34. The predicted molar refractivity (Wildman–Crippen MR) is 106 cm³/mol. The smallest absolute Gasteiger partial charge is 0.314 e. The van der Waals surface area contributed by atoms with E-state index in [9.17, 15) is 9.59 Å². The van der Waals surface area contributed by atoms with E-state index in [0.29, 0.717) is 23.7 Å². The van der Waals surface area contributed by atoms with E-state index < -0.39 is 36.0 Å². The molecule has 0 radical (unpaired) electrons. The maximum atomic E-state index is 13.2. The summed E-state index contributed by atoms with van der Waals surface area (Å²) >= 11 is 0. The van der Waals surface area contributed by atoms with Gasteiger partial charge in [-0.25, -0.2) is 4.98 Å². The normalized spacial score (nSPS) is 22.0. The topological polar surface area (TPSA) is 117 Å². The van der Waals surface area contributed by atoms with Crippen molar-refractivity contribution in [2.24, 2.45) is 5.92 Å². The number of aromatic amines is 1. The molecule has 28 heavy (non-hydrogen) atoms. The number of anilines is 2. The maximum absolute atomic E-state index is 13.2. The Kier molecular flexibility index (Phi) is 3.36. The van der Waals surface area contributed by atoms with Gasteiger partial charge in [0.25, 0.3) is 0 Å². The number of nitrogens with one attached hydrogen (secondary N) is 2. The molecule has 2 atom stereocenters. The van der Waals surface area contributed by atoms with Crippen LogP contribution in [0, 0.1) is 5.92 Å². The molecule has 2 aromatic heterocycles. The van der Waals surface area contributed by atoms with Gasteiger partial charge in [-0.1, -0.05) is 37.1 Å². The fourth-order valence-corrected chi connectivity index (χ4v) is 3.46. The summed E-state index contributed by atoms with van der Waals surface area (Å²) in [6, 6.07) is -3.04. The molecule has 0 spiro atoms. The molecular formula is C20H22N6O2. The number of aromatic nitrogens is 3. The first kappa shape index (κ1) is 12.9. The molecule has 4 rings (SSSR count). The first-order valence-electron chi connectivity index (χ1n) is 11.4. The maximum Gasteiger partial charge on any atom is 0.314 e. The number of pyridine rings is 1. The Balaban J connectivity index is 1.68. The number of nitrogen functional groups attached to an aromatic ring is 1. The molecule has 4 N–H and O–H groups in total. The van der Waals surface area contributed by atoms with Crippen molar-refractivity contribution in [1.82, 2.24) is 20.1 Å². The third kappa shape index (κ3) is 3.28. The summed E-state index contributed by atoms with van der Waals surface area (Å²) in [4.78, 5) is 31.4. The van der Waals surface area contributed by atoms with E-state index in [1.165, 1.54) is 17.3 Å². The van der Waals surface area contributed by atoms with E-state index in [4.69, 9.17) is 12.6 Å². The molecule has 1 saturated heterocycles. The van der Waals surface area contributed by atoms with Gasteiger partial charge in [0.2, 0.25) is 0 Å². The van der Waals surface area contributed by atoms with Crippen LogP contribution in [0.1, 0.15) is 38.2 Å². The Morgan fingerprint density at radius 2 is 2.07 bits per heavy atom. The quantitative estimate of drug-likeness (QED) is 0.588. The van der Waals surface area contributed by atoms with Crippen LogP contribution in [0.3, 0.4) is 0 Å². The van der Waals surface area contributed by atoms with Gasteiger partial charge in [-0.15, -0.1) is 0 Å². The number of fused-ring (bicyclic) bond motifs is 1. The molecule has 144 valence electrons. The van der Waals surface area contributed by atoms with Gasteiger partial charge < -0.3 is 16.0 Å². The summed E-state index contributed by atoms with van der Waals surface area (Å²) in [5, 5.41) is 9.61. The van der Waals surface area contributed by atoms with Crippen LogP contribution in [0.5, 0.6) is 0 Å². The Morgan fingerprint density at radius 3 is 2.86 bits per heavy atom. The van der Waals surface area contributed by atoms with Gasteiger partial charge in [-0.2, -0.15) is 5.10 Å². The number of likely N-dealkylation sites (tertiary alicyclic amines) is 1. The van der Waals surface area contributed by atoms with Crippen LogP contribution in [0.15, 0.2) is 42.6 Å². The number of nitrogens with two attached hydrogens (primary N) is 1. The third-order valence-corrected chi connectivity index (χ3v) is 4.89. The van der Waals surface area contributed by atoms with Gasteiger partial charge in [-0.05, 0) is 24.3 Å². The van der Waals surface area contributed by atoms with Crippen LogP contribution in [0.4, 0.5) is 11.5 Å². The third-order valence-electron chi connectivity index (χ3n) is 4.89. The molecule has 2 amide bonds. The Hall–Kier alpha value is -3.42. The lowest BCUT2D eigenvalue weighted by Crippen LogP contribution is -2.46. The minimum atomic E-state index is -0.941. The second kappa shape index (κ2) is 7.30. The lowest BCUT2D eigenvalue weighted by molar-refractivity contribution is -0.146. The minimum Gasteiger partial charge on any atom is -0.383 e. The van der Waals surface area contributed by atoms with Crippen molar-refractivity contribution in [2.75, 3.05) is 17.6 Å². The zero-order valence-electron chi connectivity index (χ0n) is 20.2. The van der Waals surface area contributed by atoms with E-state index >= 15 is 0 Å². The van der Waals surface area contributed by atoms with Gasteiger partial charge in [0.1, 0.15) is 5.82 Å². The SMILES string of the molecule is [2H]c1c([2H])c([2H])c([C@H]2CC[C@H](C)CN2C(=O)C(=O)Nc2cnc(N)c3cn[nH]c23)c([2H])c1[2H]. The molecule has 1 aliphatic heterocycles. The van der Waals surface area contributed by atoms with Crippen LogP contribution >= 0.6 is 0 Å². The second-order valence-electron chi connectivity index (χ2n) is 6.86. The number of rotatable bonds is 2. The summed E-state index contributed by atoms with van der Waals surface area (Å²) in [5.41, 5.74) is 6.45. The summed E-state index contributed by atoms with van der Waals surface area (Å²) in [7, 11) is 0. The zero-order valence-corrected chi connectivity index (χ0v) is 15.2. The van der Waals surface area contributed by atoms with E-state index in [1.54, 1.807) is 0 Å². The first-order valence-corrected chi connectivity index (χ1v) is 8.88. The van der Waals surface area contributed by atoms with Crippen molar-refractivity contribution >= 4 is 34.2 Å². The van der Waals surface area contributed by atoms with Gasteiger partial charge >= 0.3 is 11.8 Å². The van der Waals surface area contributed by atoms with E-state index in [1.807, 2.05) is 6.92 Å². The van der Waals surface area contributed by atoms with E-state index in [2.05, 4.69) is 20.5 Å². The monoisotopic (exact) mass is 383 g/mol. The van der Waals surface area contributed by atoms with Crippen LogP contribution in [0.25, 0.3) is 10.9 Å². The second-order valence-corrected chi connectivity index (χ2v) is 6.86. The molecule has 0 bridgehead atoms. The van der Waals surface area contributed by atoms with Crippen LogP contribution in [-0.4, -0.2) is 38.4 Å². The van der Waals surface area contributed by atoms with Gasteiger partial charge in [0.15, 0.2) is 0 Å². The van der Waals surface area contributed by atoms with Crippen LogP contribution in [0.2, 0.25) is 0 Å². The molecule has 3 heterocycles. The molecule has 8 nitrogen and oxygen atoms in total. The fraction of sp³-hybridized carbons (Fsp3) is 0.300. The number of hydrogen-bond acceptors (Lipinski definition) is 5. The van der Waals surface area contributed by atoms with Crippen molar-refractivity contribution in [2.45, 2.75) is 25.8 Å². The Morgan fingerprint density at radius 1 is 1.29 bits per heavy atom. The highest BCUT2D eigenvalue weighted by atomic mass is 16.2. The van der Waals surface area contributed by atoms with Gasteiger partial charge in [0.05, 0.1) is 41.9 Å². The molecule has 0 aliphatic carbocycles. The van der Waals surface area contributed by atoms with Crippen LogP contribution < -0.4 is 11.1 Å². The summed E-state index contributed by atoms with van der Waals surface area (Å²) in [6.45, 7) is 2.13. The summed E-state index contributed by atoms with van der Waals surface area (Å²) in [5.74, 6) is -1.53. The van der Waals surface area contributed by atoms with Crippen LogP contribution in [-0.2, 0) is 9.59 Å². The molecule has 8 heteroatoms. The summed E-state index contributed by atoms with van der Waals surface area (Å²) in [6.07, 6.45) is 3.81. The molecular weight excluding hydrogens is 356 g/mol. The van der Waals surface area contributed by atoms with Crippen molar-refractivity contribution in [3.63, 3.8) is 0 Å². The average Bonchev–Trinajstić information content (AvgIpc) is 3.30. The summed E-state index contributed by atoms with van der Waals surface area (Å²) < 4.78 is 40.3.